The summed E-state index contributed by atoms with van der Waals surface area (Å²) in [6.45, 7) is 19.3. The standard InChI is InChI=1S/C86H70N2/c1-83(2)75-47-55(31-43-67(75)71-51-81-73(53-79(71)83)69-45-41-65(49-77(69)85(81,5)6)87(61-25-17-11-18-26-61)63-37-33-59(34-38-63)57-21-13-9-14-22-57)29-30-56-32-44-68-72-52-82-74(54-80(72)84(3,4)76(68)48-56)70-46-42-66(50-78(70)86(82,7)8)88(62-27-19-12-20-28-62)64-39-35-60(36-40-64)58-23-15-10-16-24-58/h9-54H,1-8H3. The van der Waals surface area contributed by atoms with Crippen LogP contribution in [0.15, 0.2) is 267 Å². The molecule has 2 nitrogen and oxygen atoms in total. The highest BCUT2D eigenvalue weighted by atomic mass is 15.1. The van der Waals surface area contributed by atoms with Crippen LogP contribution in [0.3, 0.4) is 0 Å². The first-order chi connectivity index (χ1) is 42.6. The van der Waals surface area contributed by atoms with Crippen LogP contribution in [0.4, 0.5) is 34.1 Å². The van der Waals surface area contributed by atoms with E-state index in [1.807, 2.05) is 0 Å². The summed E-state index contributed by atoms with van der Waals surface area (Å²) in [5.41, 5.74) is 35.3. The average molecular weight is 1130 g/mol. The Labute approximate surface area is 519 Å². The zero-order chi connectivity index (χ0) is 59.8. The van der Waals surface area contributed by atoms with E-state index in [4.69, 9.17) is 0 Å². The quantitative estimate of drug-likeness (QED) is 0.126. The van der Waals surface area contributed by atoms with Gasteiger partial charge in [-0.15, -0.1) is 0 Å². The van der Waals surface area contributed by atoms with Gasteiger partial charge >= 0.3 is 0 Å². The molecule has 4 aliphatic carbocycles. The minimum atomic E-state index is -0.201. The lowest BCUT2D eigenvalue weighted by Crippen LogP contribution is -2.17. The zero-order valence-corrected chi connectivity index (χ0v) is 51.5. The SMILES string of the molecule is CC1(C)c2cc(C=Cc3ccc4c(c3)C(C)(C)c3cc5c(cc3-4)C(C)(C)c3cc(N(c4ccccc4)c4ccc(-c6ccccc6)cc4)ccc3-5)ccc2-c2cc3c(cc21)-c1ccc(N(c2ccccc2)c2ccc(-c4ccccc4)cc2)cc1C3(C)C. The fourth-order valence-electron chi connectivity index (χ4n) is 15.5. The van der Waals surface area contributed by atoms with Gasteiger partial charge in [0, 0.05) is 55.8 Å². The van der Waals surface area contributed by atoms with E-state index in [1.165, 1.54) is 122 Å². The minimum absolute atomic E-state index is 0.175. The molecule has 88 heavy (non-hydrogen) atoms. The van der Waals surface area contributed by atoms with Gasteiger partial charge in [0.05, 0.1) is 0 Å². The number of hydrogen-bond acceptors (Lipinski definition) is 2. The maximum absolute atomic E-state index is 2.53. The second-order valence-electron chi connectivity index (χ2n) is 27.0. The van der Waals surface area contributed by atoms with Gasteiger partial charge < -0.3 is 9.80 Å². The highest BCUT2D eigenvalue weighted by Crippen LogP contribution is 2.59. The topological polar surface area (TPSA) is 6.48 Å². The van der Waals surface area contributed by atoms with Crippen LogP contribution in [0, 0.1) is 0 Å². The van der Waals surface area contributed by atoms with Gasteiger partial charge in [0.2, 0.25) is 0 Å². The maximum atomic E-state index is 2.53. The van der Waals surface area contributed by atoms with Gasteiger partial charge in [-0.05, 0) is 219 Å². The Morgan fingerprint density at radius 3 is 0.761 bits per heavy atom. The molecule has 0 saturated heterocycles. The largest absolute Gasteiger partial charge is 0.310 e. The molecule has 0 N–H and O–H groups in total. The molecule has 0 heterocycles. The monoisotopic (exact) mass is 1130 g/mol. The van der Waals surface area contributed by atoms with E-state index in [9.17, 15) is 0 Å². The lowest BCUT2D eigenvalue weighted by Gasteiger charge is -2.28. The number of fused-ring (bicyclic) bond motifs is 12. The van der Waals surface area contributed by atoms with Gasteiger partial charge in [-0.3, -0.25) is 0 Å². The van der Waals surface area contributed by atoms with E-state index in [1.54, 1.807) is 0 Å². The van der Waals surface area contributed by atoms with Crippen molar-refractivity contribution in [2.75, 3.05) is 9.80 Å². The lowest BCUT2D eigenvalue weighted by atomic mass is 9.79. The summed E-state index contributed by atoms with van der Waals surface area (Å²) in [6.07, 6.45) is 4.65. The van der Waals surface area contributed by atoms with Crippen molar-refractivity contribution >= 4 is 46.3 Å². The van der Waals surface area contributed by atoms with Gasteiger partial charge in [0.1, 0.15) is 0 Å². The Hall–Kier alpha value is -10.0. The molecule has 4 aliphatic rings. The number of para-hydroxylation sites is 2. The first-order valence-corrected chi connectivity index (χ1v) is 31.3. The smallest absolute Gasteiger partial charge is 0.0465 e. The average Bonchev–Trinajstić information content (AvgIpc) is 1.57. The molecule has 424 valence electrons. The summed E-state index contributed by atoms with van der Waals surface area (Å²) in [5.74, 6) is 0. The van der Waals surface area contributed by atoms with Crippen molar-refractivity contribution in [3.05, 3.63) is 323 Å². The Bertz CT molecular complexity index is 4490. The van der Waals surface area contributed by atoms with Crippen molar-refractivity contribution in [3.8, 4) is 66.8 Å². The Morgan fingerprint density at radius 2 is 0.443 bits per heavy atom. The van der Waals surface area contributed by atoms with Gasteiger partial charge in [0.25, 0.3) is 0 Å². The third-order valence-corrected chi connectivity index (χ3v) is 20.4. The maximum Gasteiger partial charge on any atom is 0.0465 e. The molecule has 0 amide bonds. The van der Waals surface area contributed by atoms with E-state index in [2.05, 4.69) is 344 Å². The molecule has 0 aliphatic heterocycles. The summed E-state index contributed by atoms with van der Waals surface area (Å²) >= 11 is 0. The van der Waals surface area contributed by atoms with Crippen molar-refractivity contribution in [2.45, 2.75) is 77.0 Å². The normalized spacial score (nSPS) is 15.1. The van der Waals surface area contributed by atoms with Crippen LogP contribution in [-0.4, -0.2) is 0 Å². The van der Waals surface area contributed by atoms with Crippen LogP contribution in [0.2, 0.25) is 0 Å². The van der Waals surface area contributed by atoms with E-state index in [0.29, 0.717) is 0 Å². The van der Waals surface area contributed by atoms with Crippen LogP contribution in [0.25, 0.3) is 78.9 Å². The van der Waals surface area contributed by atoms with E-state index < -0.39 is 0 Å². The van der Waals surface area contributed by atoms with Crippen molar-refractivity contribution in [1.29, 1.82) is 0 Å². The van der Waals surface area contributed by atoms with Gasteiger partial charge in [-0.25, -0.2) is 0 Å². The first kappa shape index (κ1) is 53.5. The molecule has 0 saturated carbocycles. The molecular weight excluding hydrogens is 1060 g/mol. The zero-order valence-electron chi connectivity index (χ0n) is 51.5. The molecule has 0 radical (unpaired) electrons. The highest BCUT2D eigenvalue weighted by molar-refractivity contribution is 5.94. The van der Waals surface area contributed by atoms with Gasteiger partial charge in [-0.2, -0.15) is 0 Å². The van der Waals surface area contributed by atoms with Crippen molar-refractivity contribution in [2.24, 2.45) is 0 Å². The van der Waals surface area contributed by atoms with Gasteiger partial charge in [-0.1, -0.05) is 237 Å². The molecule has 0 fully saturated rings. The number of nitrogens with zero attached hydrogens (tertiary/aromatic N) is 2. The predicted molar refractivity (Wildman–Crippen MR) is 372 cm³/mol. The number of benzene rings is 12. The van der Waals surface area contributed by atoms with Crippen molar-refractivity contribution < 1.29 is 0 Å². The molecule has 0 spiro atoms. The first-order valence-electron chi connectivity index (χ1n) is 31.3. The van der Waals surface area contributed by atoms with E-state index in [-0.39, 0.29) is 21.7 Å². The molecular formula is C86H70N2. The molecule has 12 aromatic carbocycles. The van der Waals surface area contributed by atoms with Crippen LogP contribution >= 0.6 is 0 Å². The van der Waals surface area contributed by atoms with Crippen LogP contribution in [0.1, 0.15) is 111 Å². The van der Waals surface area contributed by atoms with Crippen molar-refractivity contribution in [3.63, 3.8) is 0 Å². The highest BCUT2D eigenvalue weighted by Gasteiger charge is 2.44. The third-order valence-electron chi connectivity index (χ3n) is 20.4. The lowest BCUT2D eigenvalue weighted by molar-refractivity contribution is 0.652. The molecule has 0 atom stereocenters. The molecule has 0 aromatic heterocycles. The summed E-state index contributed by atoms with van der Waals surface area (Å²) in [5, 5.41) is 0. The predicted octanol–water partition coefficient (Wildman–Crippen LogP) is 23.4. The van der Waals surface area contributed by atoms with E-state index >= 15 is 0 Å². The molecule has 0 bridgehead atoms. The molecule has 16 rings (SSSR count). The Kier molecular flexibility index (Phi) is 12.0. The van der Waals surface area contributed by atoms with Crippen molar-refractivity contribution in [1.82, 2.24) is 0 Å². The number of hydrogen-bond donors (Lipinski definition) is 0. The van der Waals surface area contributed by atoms with Crippen LogP contribution in [-0.2, 0) is 21.7 Å². The molecule has 0 unspecified atom stereocenters. The van der Waals surface area contributed by atoms with E-state index in [0.717, 1.165) is 34.1 Å². The fraction of sp³-hybridized carbons (Fsp3) is 0.140. The third kappa shape index (κ3) is 8.29. The fourth-order valence-corrected chi connectivity index (χ4v) is 15.5. The summed E-state index contributed by atoms with van der Waals surface area (Å²) in [6, 6.07) is 99.6. The number of anilines is 6. The summed E-state index contributed by atoms with van der Waals surface area (Å²) in [7, 11) is 0. The van der Waals surface area contributed by atoms with Crippen LogP contribution < -0.4 is 9.80 Å². The summed E-state index contributed by atoms with van der Waals surface area (Å²) in [4.78, 5) is 4.80. The minimum Gasteiger partial charge on any atom is -0.310 e. The van der Waals surface area contributed by atoms with Crippen LogP contribution in [0.5, 0.6) is 0 Å². The molecule has 2 heteroatoms. The Balaban J connectivity index is 0.669. The summed E-state index contributed by atoms with van der Waals surface area (Å²) < 4.78 is 0. The number of rotatable bonds is 10. The second kappa shape index (κ2) is 19.8. The van der Waals surface area contributed by atoms with Gasteiger partial charge in [0.15, 0.2) is 0 Å². The Morgan fingerprint density at radius 1 is 0.205 bits per heavy atom. The molecule has 12 aromatic rings. The second-order valence-corrected chi connectivity index (χ2v) is 27.0.